The maximum atomic E-state index is 12.2. The number of amides is 1. The molecule has 0 aliphatic heterocycles. The molecule has 1 aromatic heterocycles. The Hall–Kier alpha value is -1.95. The summed E-state index contributed by atoms with van der Waals surface area (Å²) in [6.07, 6.45) is 0.368. The van der Waals surface area contributed by atoms with E-state index in [0.717, 1.165) is 17.0 Å². The zero-order valence-corrected chi connectivity index (χ0v) is 15.8. The Labute approximate surface area is 148 Å². The predicted octanol–water partition coefficient (Wildman–Crippen LogP) is 3.86. The lowest BCUT2D eigenvalue weighted by Gasteiger charge is -2.28. The highest BCUT2D eigenvalue weighted by Crippen LogP contribution is 2.20. The number of nitrogens with one attached hydrogen (secondary N) is 2. The molecule has 130 valence electrons. The Bertz CT molecular complexity index is 770. The molecule has 6 heteroatoms. The molecule has 0 bridgehead atoms. The van der Waals surface area contributed by atoms with E-state index in [1.165, 1.54) is 0 Å². The molecule has 1 heterocycles. The maximum absolute atomic E-state index is 12.2. The van der Waals surface area contributed by atoms with Crippen LogP contribution >= 0.6 is 12.2 Å². The highest BCUT2D eigenvalue weighted by atomic mass is 32.1. The highest BCUT2D eigenvalue weighted by molar-refractivity contribution is 7.71. The largest absolute Gasteiger partial charge is 0.353 e. The summed E-state index contributed by atoms with van der Waals surface area (Å²) in [4.78, 5) is 12.2. The fourth-order valence-corrected chi connectivity index (χ4v) is 2.50. The van der Waals surface area contributed by atoms with Gasteiger partial charge < -0.3 is 5.32 Å². The minimum atomic E-state index is 0.0238. The summed E-state index contributed by atoms with van der Waals surface area (Å²) in [6, 6.07) is 8.19. The molecule has 0 spiro atoms. The van der Waals surface area contributed by atoms with Crippen LogP contribution in [0.2, 0.25) is 0 Å². The minimum Gasteiger partial charge on any atom is -0.353 e. The third-order valence-electron chi connectivity index (χ3n) is 4.27. The molecule has 2 aromatic rings. The Balaban J connectivity index is 2.10. The molecule has 1 aromatic carbocycles. The summed E-state index contributed by atoms with van der Waals surface area (Å²) >= 11 is 5.32. The van der Waals surface area contributed by atoms with Crippen molar-refractivity contribution >= 4 is 18.1 Å². The topological polar surface area (TPSA) is 62.7 Å². The molecule has 0 saturated heterocycles. The Kier molecular flexibility index (Phi) is 5.59. The van der Waals surface area contributed by atoms with Gasteiger partial charge in [-0.3, -0.25) is 14.5 Å². The normalized spacial score (nSPS) is 12.9. The first-order valence-electron chi connectivity index (χ1n) is 8.20. The number of aromatic nitrogens is 3. The van der Waals surface area contributed by atoms with E-state index in [1.807, 2.05) is 36.6 Å². The van der Waals surface area contributed by atoms with Gasteiger partial charge in [0.1, 0.15) is 0 Å². The summed E-state index contributed by atoms with van der Waals surface area (Å²) in [5, 5.41) is 10.2. The van der Waals surface area contributed by atoms with Gasteiger partial charge in [0.25, 0.3) is 0 Å². The van der Waals surface area contributed by atoms with Crippen molar-refractivity contribution in [1.82, 2.24) is 20.1 Å². The smallest absolute Gasteiger partial charge is 0.222 e. The van der Waals surface area contributed by atoms with Gasteiger partial charge in [0.2, 0.25) is 5.91 Å². The van der Waals surface area contributed by atoms with Crippen molar-refractivity contribution in [3.63, 3.8) is 0 Å². The molecular weight excluding hydrogens is 320 g/mol. The second-order valence-corrected chi connectivity index (χ2v) is 7.67. The Morgan fingerprint density at radius 1 is 1.42 bits per heavy atom. The number of hydrogen-bond acceptors (Lipinski definition) is 3. The predicted molar refractivity (Wildman–Crippen MR) is 99.3 cm³/mol. The van der Waals surface area contributed by atoms with E-state index in [1.54, 1.807) is 0 Å². The number of nitrogens with zero attached hydrogens (tertiary/aromatic N) is 2. The standard InChI is InChI=1S/C18H26N4OS/c1-12-7-6-8-14(11-12)16-20-21-17(24)22(16)10-9-15(23)19-13(2)18(3,4)5/h6-8,11,13H,9-10H2,1-5H3,(H,19,23)(H,21,24)/t13-/m1/s1. The molecule has 0 radical (unpaired) electrons. The van der Waals surface area contributed by atoms with Crippen LogP contribution in [0.4, 0.5) is 0 Å². The lowest BCUT2D eigenvalue weighted by molar-refractivity contribution is -0.122. The number of aryl methyl sites for hydroxylation is 1. The van der Waals surface area contributed by atoms with E-state index in [9.17, 15) is 4.79 Å². The van der Waals surface area contributed by atoms with Crippen molar-refractivity contribution < 1.29 is 4.79 Å². The summed E-state index contributed by atoms with van der Waals surface area (Å²) in [6.45, 7) is 10.9. The minimum absolute atomic E-state index is 0.0238. The average molecular weight is 347 g/mol. The second kappa shape index (κ2) is 7.30. The number of benzene rings is 1. The van der Waals surface area contributed by atoms with E-state index in [2.05, 4.69) is 42.4 Å². The van der Waals surface area contributed by atoms with E-state index in [4.69, 9.17) is 12.2 Å². The van der Waals surface area contributed by atoms with Crippen LogP contribution in [0, 0.1) is 17.1 Å². The summed E-state index contributed by atoms with van der Waals surface area (Å²) in [7, 11) is 0. The quantitative estimate of drug-likeness (QED) is 0.808. The van der Waals surface area contributed by atoms with Crippen LogP contribution in [0.25, 0.3) is 11.4 Å². The third-order valence-corrected chi connectivity index (χ3v) is 4.59. The first kappa shape index (κ1) is 18.4. The van der Waals surface area contributed by atoms with Gasteiger partial charge in [-0.2, -0.15) is 5.10 Å². The molecule has 2 N–H and O–H groups in total. The monoisotopic (exact) mass is 346 g/mol. The lowest BCUT2D eigenvalue weighted by atomic mass is 9.88. The molecule has 0 aliphatic carbocycles. The van der Waals surface area contributed by atoms with Crippen molar-refractivity contribution in [1.29, 1.82) is 0 Å². The van der Waals surface area contributed by atoms with Crippen molar-refractivity contribution in [3.05, 3.63) is 34.6 Å². The summed E-state index contributed by atoms with van der Waals surface area (Å²) in [5.74, 6) is 0.788. The van der Waals surface area contributed by atoms with Crippen molar-refractivity contribution in [2.75, 3.05) is 0 Å². The van der Waals surface area contributed by atoms with E-state index < -0.39 is 0 Å². The van der Waals surface area contributed by atoms with Gasteiger partial charge in [0.15, 0.2) is 10.6 Å². The molecule has 24 heavy (non-hydrogen) atoms. The van der Waals surface area contributed by atoms with Gasteiger partial charge >= 0.3 is 0 Å². The van der Waals surface area contributed by atoms with Crippen LogP contribution < -0.4 is 5.32 Å². The van der Waals surface area contributed by atoms with E-state index in [0.29, 0.717) is 17.7 Å². The van der Waals surface area contributed by atoms with Crippen molar-refractivity contribution in [2.45, 2.75) is 53.6 Å². The first-order valence-corrected chi connectivity index (χ1v) is 8.61. The lowest BCUT2D eigenvalue weighted by Crippen LogP contribution is -2.41. The molecule has 1 atom stereocenters. The number of rotatable bonds is 5. The van der Waals surface area contributed by atoms with Gasteiger partial charge in [0, 0.05) is 24.6 Å². The van der Waals surface area contributed by atoms with Crippen LogP contribution in [0.5, 0.6) is 0 Å². The van der Waals surface area contributed by atoms with Crippen LogP contribution in [0.15, 0.2) is 24.3 Å². The van der Waals surface area contributed by atoms with Gasteiger partial charge in [0.05, 0.1) is 0 Å². The van der Waals surface area contributed by atoms with Gasteiger partial charge in [-0.25, -0.2) is 0 Å². The van der Waals surface area contributed by atoms with Gasteiger partial charge in [-0.1, -0.05) is 44.5 Å². The molecule has 0 saturated carbocycles. The van der Waals surface area contributed by atoms with Gasteiger partial charge in [-0.05, 0) is 37.5 Å². The number of carbonyl (C=O) groups is 1. The summed E-state index contributed by atoms with van der Waals surface area (Å²) < 4.78 is 2.41. The number of H-pyrrole nitrogens is 1. The molecule has 2 rings (SSSR count). The Morgan fingerprint density at radius 2 is 2.12 bits per heavy atom. The van der Waals surface area contributed by atoms with Crippen LogP contribution in [0.1, 0.15) is 39.7 Å². The molecule has 1 amide bonds. The molecule has 0 unspecified atom stereocenters. The average Bonchev–Trinajstić information content (AvgIpc) is 2.85. The third kappa shape index (κ3) is 4.54. The molecular formula is C18H26N4OS. The molecule has 5 nitrogen and oxygen atoms in total. The van der Waals surface area contributed by atoms with E-state index >= 15 is 0 Å². The fraction of sp³-hybridized carbons (Fsp3) is 0.500. The zero-order valence-electron chi connectivity index (χ0n) is 15.0. The SMILES string of the molecule is Cc1cccc(-c2n[nH]c(=S)n2CCC(=O)N[C@H](C)C(C)(C)C)c1. The maximum Gasteiger partial charge on any atom is 0.222 e. The first-order chi connectivity index (χ1) is 11.2. The van der Waals surface area contributed by atoms with Crippen LogP contribution in [-0.4, -0.2) is 26.7 Å². The fourth-order valence-electron chi connectivity index (χ4n) is 2.27. The van der Waals surface area contributed by atoms with Crippen molar-refractivity contribution in [3.8, 4) is 11.4 Å². The van der Waals surface area contributed by atoms with Crippen molar-refractivity contribution in [2.24, 2.45) is 5.41 Å². The van der Waals surface area contributed by atoms with Gasteiger partial charge in [-0.15, -0.1) is 0 Å². The Morgan fingerprint density at radius 3 is 2.75 bits per heavy atom. The zero-order chi connectivity index (χ0) is 17.9. The van der Waals surface area contributed by atoms with E-state index in [-0.39, 0.29) is 17.4 Å². The second-order valence-electron chi connectivity index (χ2n) is 7.28. The van der Waals surface area contributed by atoms with Crippen LogP contribution in [0.3, 0.4) is 0 Å². The summed E-state index contributed by atoms with van der Waals surface area (Å²) in [5.41, 5.74) is 2.18. The molecule has 0 aliphatic rings. The highest BCUT2D eigenvalue weighted by Gasteiger charge is 2.21. The number of aromatic amines is 1. The number of hydrogen-bond donors (Lipinski definition) is 2. The molecule has 0 fully saturated rings. The number of carbonyl (C=O) groups excluding carboxylic acids is 1. The van der Waals surface area contributed by atoms with Crippen LogP contribution in [-0.2, 0) is 11.3 Å².